The molecule has 3 rings (SSSR count). The average Bonchev–Trinajstić information content (AvgIpc) is 2.65. The summed E-state index contributed by atoms with van der Waals surface area (Å²) in [5.41, 5.74) is 6.17. The molecular weight excluding hydrogens is 292 g/mol. The molecule has 0 amide bonds. The van der Waals surface area contributed by atoms with Crippen LogP contribution in [0.5, 0.6) is 0 Å². The van der Waals surface area contributed by atoms with Crippen molar-refractivity contribution in [2.45, 2.75) is 13.8 Å². The van der Waals surface area contributed by atoms with Crippen molar-refractivity contribution >= 4 is 22.8 Å². The molecule has 3 aromatic carbocycles. The number of hydrogen-bond acceptors (Lipinski definition) is 2. The van der Waals surface area contributed by atoms with Gasteiger partial charge in [0.2, 0.25) is 0 Å². The van der Waals surface area contributed by atoms with Crippen LogP contribution in [-0.4, -0.2) is 11.4 Å². The molecule has 0 spiro atoms. The zero-order valence-electron chi connectivity index (χ0n) is 14.0. The molecular formula is C22H20N2. The van der Waals surface area contributed by atoms with Gasteiger partial charge in [-0.2, -0.15) is 0 Å². The van der Waals surface area contributed by atoms with E-state index in [1.807, 2.05) is 74.5 Å². The van der Waals surface area contributed by atoms with Crippen molar-refractivity contribution < 1.29 is 0 Å². The summed E-state index contributed by atoms with van der Waals surface area (Å²) in [5.74, 6) is 0. The van der Waals surface area contributed by atoms with Gasteiger partial charge in [0.05, 0.1) is 11.4 Å². The molecule has 24 heavy (non-hydrogen) atoms. The number of benzene rings is 3. The lowest BCUT2D eigenvalue weighted by Gasteiger charge is -2.03. The largest absolute Gasteiger partial charge is 0.253 e. The molecule has 0 heterocycles. The SMILES string of the molecule is C/C(=N\c1ccc(/N=C(\C)c2ccccc2)cc1)c1ccccc1. The smallest absolute Gasteiger partial charge is 0.0634 e. The lowest BCUT2D eigenvalue weighted by atomic mass is 10.1. The van der Waals surface area contributed by atoms with E-state index in [-0.39, 0.29) is 0 Å². The molecule has 0 bridgehead atoms. The third kappa shape index (κ3) is 4.05. The quantitative estimate of drug-likeness (QED) is 0.530. The highest BCUT2D eigenvalue weighted by Gasteiger charge is 1.99. The highest BCUT2D eigenvalue weighted by molar-refractivity contribution is 6.01. The molecule has 0 radical (unpaired) electrons. The topological polar surface area (TPSA) is 24.7 Å². The Balaban J connectivity index is 1.79. The molecule has 0 aliphatic rings. The molecule has 0 saturated heterocycles. The van der Waals surface area contributed by atoms with Crippen LogP contribution in [0.25, 0.3) is 0 Å². The van der Waals surface area contributed by atoms with E-state index < -0.39 is 0 Å². The molecule has 3 aromatic rings. The molecule has 0 aliphatic heterocycles. The Morgan fingerprint density at radius 2 is 0.833 bits per heavy atom. The first-order valence-corrected chi connectivity index (χ1v) is 8.04. The summed E-state index contributed by atoms with van der Waals surface area (Å²) >= 11 is 0. The molecule has 2 heteroatoms. The predicted molar refractivity (Wildman–Crippen MR) is 103 cm³/mol. The fourth-order valence-corrected chi connectivity index (χ4v) is 2.48. The van der Waals surface area contributed by atoms with E-state index in [1.165, 1.54) is 0 Å². The van der Waals surface area contributed by atoms with Crippen LogP contribution >= 0.6 is 0 Å². The van der Waals surface area contributed by atoms with Crippen LogP contribution in [-0.2, 0) is 0 Å². The third-order valence-corrected chi connectivity index (χ3v) is 3.83. The molecule has 0 fully saturated rings. The summed E-state index contributed by atoms with van der Waals surface area (Å²) in [6.45, 7) is 4.06. The minimum atomic E-state index is 0.938. The Bertz CT molecular complexity index is 771. The molecule has 0 atom stereocenters. The third-order valence-electron chi connectivity index (χ3n) is 3.83. The van der Waals surface area contributed by atoms with Crippen molar-refractivity contribution in [2.24, 2.45) is 9.98 Å². The summed E-state index contributed by atoms with van der Waals surface area (Å²) in [6, 6.07) is 28.4. The van der Waals surface area contributed by atoms with E-state index >= 15 is 0 Å². The maximum absolute atomic E-state index is 4.68. The Kier molecular flexibility index (Phi) is 4.97. The van der Waals surface area contributed by atoms with Crippen LogP contribution in [0.3, 0.4) is 0 Å². The normalized spacial score (nSPS) is 12.2. The number of hydrogen-bond donors (Lipinski definition) is 0. The maximum Gasteiger partial charge on any atom is 0.0634 e. The van der Waals surface area contributed by atoms with Crippen LogP contribution in [0, 0.1) is 0 Å². The second kappa shape index (κ2) is 7.51. The maximum atomic E-state index is 4.68. The highest BCUT2D eigenvalue weighted by Crippen LogP contribution is 2.20. The minimum absolute atomic E-state index is 0.938. The second-order valence-electron chi connectivity index (χ2n) is 5.64. The van der Waals surface area contributed by atoms with Crippen molar-refractivity contribution in [2.75, 3.05) is 0 Å². The highest BCUT2D eigenvalue weighted by atomic mass is 14.8. The van der Waals surface area contributed by atoms with Gasteiger partial charge in [-0.25, -0.2) is 0 Å². The Morgan fingerprint density at radius 1 is 0.500 bits per heavy atom. The summed E-state index contributed by atoms with van der Waals surface area (Å²) < 4.78 is 0. The fraction of sp³-hybridized carbons (Fsp3) is 0.0909. The Morgan fingerprint density at radius 3 is 1.17 bits per heavy atom. The molecule has 0 unspecified atom stereocenters. The first kappa shape index (κ1) is 15.9. The molecule has 0 aromatic heterocycles. The van der Waals surface area contributed by atoms with Crippen LogP contribution in [0.2, 0.25) is 0 Å². The van der Waals surface area contributed by atoms with Gasteiger partial charge in [0.25, 0.3) is 0 Å². The standard InChI is InChI=1S/C22H20N2/c1-17(19-9-5-3-6-10-19)23-21-13-15-22(16-14-21)24-18(2)20-11-7-4-8-12-20/h3-16H,1-2H3/b23-17+,24-18+. The zero-order valence-corrected chi connectivity index (χ0v) is 14.0. The summed E-state index contributed by atoms with van der Waals surface area (Å²) in [5, 5.41) is 0. The molecule has 2 nitrogen and oxygen atoms in total. The first-order chi connectivity index (χ1) is 11.7. The lowest BCUT2D eigenvalue weighted by molar-refractivity contribution is 1.44. The van der Waals surface area contributed by atoms with Gasteiger partial charge in [0, 0.05) is 11.4 Å². The summed E-state index contributed by atoms with van der Waals surface area (Å²) in [7, 11) is 0. The zero-order chi connectivity index (χ0) is 16.8. The average molecular weight is 312 g/mol. The lowest BCUT2D eigenvalue weighted by Crippen LogP contribution is -1.93. The number of aliphatic imine (C=N–C) groups is 2. The van der Waals surface area contributed by atoms with Gasteiger partial charge in [-0.05, 0) is 49.2 Å². The van der Waals surface area contributed by atoms with Crippen molar-refractivity contribution in [1.82, 2.24) is 0 Å². The van der Waals surface area contributed by atoms with E-state index in [9.17, 15) is 0 Å². The predicted octanol–water partition coefficient (Wildman–Crippen LogP) is 5.97. The number of rotatable bonds is 4. The van der Waals surface area contributed by atoms with Gasteiger partial charge in [-0.3, -0.25) is 9.98 Å². The van der Waals surface area contributed by atoms with Gasteiger partial charge >= 0.3 is 0 Å². The van der Waals surface area contributed by atoms with Crippen LogP contribution < -0.4 is 0 Å². The number of nitrogens with zero attached hydrogens (tertiary/aromatic N) is 2. The second-order valence-corrected chi connectivity index (χ2v) is 5.64. The van der Waals surface area contributed by atoms with E-state index in [4.69, 9.17) is 0 Å². The molecule has 118 valence electrons. The molecule has 0 saturated carbocycles. The van der Waals surface area contributed by atoms with E-state index in [0.717, 1.165) is 33.9 Å². The van der Waals surface area contributed by atoms with Crippen LogP contribution in [0.15, 0.2) is 94.9 Å². The minimum Gasteiger partial charge on any atom is -0.253 e. The first-order valence-electron chi connectivity index (χ1n) is 8.04. The van der Waals surface area contributed by atoms with Crippen molar-refractivity contribution in [3.63, 3.8) is 0 Å². The van der Waals surface area contributed by atoms with Gasteiger partial charge in [0.15, 0.2) is 0 Å². The molecule has 0 aliphatic carbocycles. The van der Waals surface area contributed by atoms with Crippen molar-refractivity contribution in [3.05, 3.63) is 96.1 Å². The van der Waals surface area contributed by atoms with Gasteiger partial charge in [-0.1, -0.05) is 60.7 Å². The summed E-state index contributed by atoms with van der Waals surface area (Å²) in [4.78, 5) is 9.35. The Labute approximate surface area is 143 Å². The van der Waals surface area contributed by atoms with Crippen molar-refractivity contribution in [3.8, 4) is 0 Å². The van der Waals surface area contributed by atoms with Gasteiger partial charge < -0.3 is 0 Å². The monoisotopic (exact) mass is 312 g/mol. The van der Waals surface area contributed by atoms with Crippen molar-refractivity contribution in [1.29, 1.82) is 0 Å². The van der Waals surface area contributed by atoms with E-state index in [2.05, 4.69) is 34.3 Å². The van der Waals surface area contributed by atoms with Crippen LogP contribution in [0.4, 0.5) is 11.4 Å². The van der Waals surface area contributed by atoms with E-state index in [0.29, 0.717) is 0 Å². The Hall–Kier alpha value is -3.00. The van der Waals surface area contributed by atoms with Crippen LogP contribution in [0.1, 0.15) is 25.0 Å². The molecule has 0 N–H and O–H groups in total. The van der Waals surface area contributed by atoms with Gasteiger partial charge in [-0.15, -0.1) is 0 Å². The summed E-state index contributed by atoms with van der Waals surface area (Å²) in [6.07, 6.45) is 0. The van der Waals surface area contributed by atoms with E-state index in [1.54, 1.807) is 0 Å². The fourth-order valence-electron chi connectivity index (χ4n) is 2.48. The van der Waals surface area contributed by atoms with Gasteiger partial charge in [0.1, 0.15) is 0 Å².